The fourth-order valence-electron chi connectivity index (χ4n) is 2.74. The van der Waals surface area contributed by atoms with Crippen LogP contribution in [0.2, 0.25) is 0 Å². The molecule has 1 saturated heterocycles. The summed E-state index contributed by atoms with van der Waals surface area (Å²) in [5, 5.41) is 0. The molecule has 86 valence electrons. The zero-order chi connectivity index (χ0) is 11.7. The molecule has 1 aromatic rings. The lowest BCUT2D eigenvalue weighted by atomic mass is 9.93. The van der Waals surface area contributed by atoms with Crippen molar-refractivity contribution in [3.63, 3.8) is 0 Å². The molecule has 2 rings (SSSR count). The lowest BCUT2D eigenvalue weighted by Gasteiger charge is -2.30. The Kier molecular flexibility index (Phi) is 3.29. The van der Waals surface area contributed by atoms with Crippen molar-refractivity contribution in [1.82, 2.24) is 4.90 Å². The average Bonchev–Trinajstić information content (AvgIpc) is 2.55. The number of nitrogens with zero attached hydrogens (tertiary/aromatic N) is 1. The highest BCUT2D eigenvalue weighted by Gasteiger charge is 2.35. The van der Waals surface area contributed by atoms with Crippen molar-refractivity contribution >= 4 is 17.2 Å². The van der Waals surface area contributed by atoms with Crippen LogP contribution in [-0.2, 0) is 0 Å². The van der Waals surface area contributed by atoms with Crippen LogP contribution in [0.1, 0.15) is 38.7 Å². The van der Waals surface area contributed by atoms with Crippen molar-refractivity contribution in [2.45, 2.75) is 45.2 Å². The summed E-state index contributed by atoms with van der Waals surface area (Å²) < 4.78 is 0. The van der Waals surface area contributed by atoms with Crippen molar-refractivity contribution in [3.8, 4) is 0 Å². The zero-order valence-electron chi connectivity index (χ0n) is 10.2. The third-order valence-corrected chi connectivity index (χ3v) is 3.87. The molecule has 1 aromatic carbocycles. The number of thiocarbonyl (C=S) groups is 1. The number of benzene rings is 1. The van der Waals surface area contributed by atoms with Gasteiger partial charge in [0.05, 0.1) is 4.99 Å². The molecule has 2 atom stereocenters. The van der Waals surface area contributed by atoms with E-state index in [2.05, 4.69) is 56.0 Å². The van der Waals surface area contributed by atoms with Crippen molar-refractivity contribution in [2.24, 2.45) is 0 Å². The van der Waals surface area contributed by atoms with E-state index in [1.54, 1.807) is 0 Å². The summed E-state index contributed by atoms with van der Waals surface area (Å²) in [5.41, 5.74) is 1.42. The van der Waals surface area contributed by atoms with Crippen molar-refractivity contribution < 1.29 is 0 Å². The molecule has 0 aliphatic carbocycles. The maximum Gasteiger partial charge on any atom is 0.0791 e. The minimum Gasteiger partial charge on any atom is -0.360 e. The van der Waals surface area contributed by atoms with E-state index >= 15 is 0 Å². The molecule has 1 heterocycles. The Hall–Kier alpha value is -0.890. The summed E-state index contributed by atoms with van der Waals surface area (Å²) in [6.07, 6.45) is 1.03. The Morgan fingerprint density at radius 3 is 2.38 bits per heavy atom. The summed E-state index contributed by atoms with van der Waals surface area (Å²) >= 11 is 5.50. The molecule has 1 aliphatic heterocycles. The minimum absolute atomic E-state index is 0.510. The predicted molar refractivity (Wildman–Crippen MR) is 72.8 cm³/mol. The van der Waals surface area contributed by atoms with E-state index in [1.165, 1.54) is 5.56 Å². The van der Waals surface area contributed by atoms with Gasteiger partial charge in [-0.2, -0.15) is 0 Å². The van der Waals surface area contributed by atoms with Crippen LogP contribution in [0.25, 0.3) is 0 Å². The topological polar surface area (TPSA) is 3.24 Å². The number of likely N-dealkylation sites (tertiary alicyclic amines) is 1. The molecule has 0 saturated carbocycles. The van der Waals surface area contributed by atoms with Gasteiger partial charge in [0.1, 0.15) is 0 Å². The van der Waals surface area contributed by atoms with Crippen LogP contribution >= 0.6 is 12.2 Å². The monoisotopic (exact) mass is 233 g/mol. The smallest absolute Gasteiger partial charge is 0.0791 e. The third-order valence-electron chi connectivity index (χ3n) is 3.49. The molecule has 0 spiro atoms. The summed E-state index contributed by atoms with van der Waals surface area (Å²) in [7, 11) is 0. The maximum absolute atomic E-state index is 5.50. The fourth-order valence-corrected chi connectivity index (χ4v) is 3.30. The Labute approximate surface area is 103 Å². The van der Waals surface area contributed by atoms with E-state index in [9.17, 15) is 0 Å². The van der Waals surface area contributed by atoms with Gasteiger partial charge in [0, 0.05) is 24.4 Å². The average molecular weight is 233 g/mol. The van der Waals surface area contributed by atoms with E-state index in [4.69, 9.17) is 12.2 Å². The van der Waals surface area contributed by atoms with Crippen molar-refractivity contribution in [2.75, 3.05) is 0 Å². The number of hydrogen-bond acceptors (Lipinski definition) is 1. The van der Waals surface area contributed by atoms with Gasteiger partial charge in [0.15, 0.2) is 0 Å². The van der Waals surface area contributed by atoms with E-state index in [0.717, 1.165) is 11.4 Å². The normalized spacial score (nSPS) is 25.5. The van der Waals surface area contributed by atoms with Gasteiger partial charge in [-0.25, -0.2) is 0 Å². The molecular formula is C14H19NS. The van der Waals surface area contributed by atoms with Crippen molar-refractivity contribution in [1.29, 1.82) is 0 Å². The quantitative estimate of drug-likeness (QED) is 0.718. The van der Waals surface area contributed by atoms with E-state index in [1.807, 2.05) is 0 Å². The van der Waals surface area contributed by atoms with Crippen molar-refractivity contribution in [3.05, 3.63) is 35.9 Å². The number of rotatable bonds is 2. The second-order valence-corrected chi connectivity index (χ2v) is 5.33. The molecule has 0 bridgehead atoms. The predicted octanol–water partition coefficient (Wildman–Crippen LogP) is 3.60. The molecule has 0 unspecified atom stereocenters. The SMILES string of the molecule is CC(C)N1C(=S)C[C@@H](c2ccccc2)[C@H]1C. The van der Waals surface area contributed by atoms with Crippen LogP contribution in [0, 0.1) is 0 Å². The molecular weight excluding hydrogens is 214 g/mol. The molecule has 1 nitrogen and oxygen atoms in total. The molecule has 0 amide bonds. The fraction of sp³-hybridized carbons (Fsp3) is 0.500. The van der Waals surface area contributed by atoms with Gasteiger partial charge in [0.25, 0.3) is 0 Å². The number of hydrogen-bond donors (Lipinski definition) is 0. The molecule has 0 N–H and O–H groups in total. The summed E-state index contributed by atoms with van der Waals surface area (Å²) in [6, 6.07) is 11.8. The maximum atomic E-state index is 5.50. The minimum atomic E-state index is 0.510. The largest absolute Gasteiger partial charge is 0.360 e. The van der Waals surface area contributed by atoms with Crippen LogP contribution in [0.4, 0.5) is 0 Å². The summed E-state index contributed by atoms with van der Waals surface area (Å²) in [6.45, 7) is 6.73. The highest BCUT2D eigenvalue weighted by molar-refractivity contribution is 7.80. The highest BCUT2D eigenvalue weighted by Crippen LogP contribution is 2.35. The third kappa shape index (κ3) is 1.99. The Bertz CT molecular complexity index is 372. The summed E-state index contributed by atoms with van der Waals surface area (Å²) in [4.78, 5) is 3.50. The van der Waals surface area contributed by atoms with Gasteiger partial charge >= 0.3 is 0 Å². The standard InChI is InChI=1S/C14H19NS/c1-10(2)15-11(3)13(9-14(15)16)12-7-5-4-6-8-12/h4-8,10-11,13H,9H2,1-3H3/t11-,13-/m1/s1. The Balaban J connectivity index is 2.24. The van der Waals surface area contributed by atoms with Gasteiger partial charge in [-0.15, -0.1) is 0 Å². The van der Waals surface area contributed by atoms with Crippen LogP contribution in [0.15, 0.2) is 30.3 Å². The molecule has 1 fully saturated rings. The second-order valence-electron chi connectivity index (χ2n) is 4.86. The molecule has 2 heteroatoms. The molecule has 1 aliphatic rings. The van der Waals surface area contributed by atoms with Crippen LogP contribution in [-0.4, -0.2) is 22.0 Å². The second kappa shape index (κ2) is 4.54. The van der Waals surface area contributed by atoms with E-state index in [-0.39, 0.29) is 0 Å². The summed E-state index contributed by atoms with van der Waals surface area (Å²) in [5.74, 6) is 0.566. The lowest BCUT2D eigenvalue weighted by Crippen LogP contribution is -2.37. The first-order valence-corrected chi connectivity index (χ1v) is 6.38. The van der Waals surface area contributed by atoms with Gasteiger partial charge in [-0.3, -0.25) is 0 Å². The first-order valence-electron chi connectivity index (χ1n) is 5.97. The molecule has 0 aromatic heterocycles. The van der Waals surface area contributed by atoms with Gasteiger partial charge in [-0.1, -0.05) is 42.5 Å². The van der Waals surface area contributed by atoms with Crippen LogP contribution in [0.3, 0.4) is 0 Å². The van der Waals surface area contributed by atoms with Crippen LogP contribution in [0.5, 0.6) is 0 Å². The Morgan fingerprint density at radius 1 is 1.25 bits per heavy atom. The van der Waals surface area contributed by atoms with Crippen LogP contribution < -0.4 is 0 Å². The highest BCUT2D eigenvalue weighted by atomic mass is 32.1. The molecule has 16 heavy (non-hydrogen) atoms. The first-order chi connectivity index (χ1) is 7.61. The first kappa shape index (κ1) is 11.6. The lowest BCUT2D eigenvalue weighted by molar-refractivity contribution is 0.287. The van der Waals surface area contributed by atoms with E-state index in [0.29, 0.717) is 18.0 Å². The zero-order valence-corrected chi connectivity index (χ0v) is 11.0. The van der Waals surface area contributed by atoms with E-state index < -0.39 is 0 Å². The van der Waals surface area contributed by atoms with Gasteiger partial charge in [0.2, 0.25) is 0 Å². The Morgan fingerprint density at radius 2 is 1.88 bits per heavy atom. The molecule has 0 radical (unpaired) electrons. The van der Waals surface area contributed by atoms with Gasteiger partial charge < -0.3 is 4.90 Å². The van der Waals surface area contributed by atoms with Gasteiger partial charge in [-0.05, 0) is 26.3 Å².